The van der Waals surface area contributed by atoms with Crippen LogP contribution in [-0.2, 0) is 14.3 Å². The molecule has 124 valence electrons. The fraction of sp³-hybridized carbons (Fsp3) is 0.500. The van der Waals surface area contributed by atoms with Gasteiger partial charge in [-0.3, -0.25) is 0 Å². The molecule has 0 amide bonds. The average molecular weight is 337 g/mol. The van der Waals surface area contributed by atoms with E-state index in [1.165, 1.54) is 0 Å². The Kier molecular flexibility index (Phi) is 4.39. The van der Waals surface area contributed by atoms with Crippen LogP contribution in [0.15, 0.2) is 24.0 Å². The first kappa shape index (κ1) is 16.3. The van der Waals surface area contributed by atoms with Crippen molar-refractivity contribution in [1.29, 1.82) is 0 Å². The maximum absolute atomic E-state index is 12.4. The molecule has 0 saturated heterocycles. The first-order valence-electron chi connectivity index (χ1n) is 8.02. The van der Waals surface area contributed by atoms with E-state index >= 15 is 0 Å². The summed E-state index contributed by atoms with van der Waals surface area (Å²) in [5.74, 6) is -0.470. The van der Waals surface area contributed by atoms with Gasteiger partial charge in [0.05, 0.1) is 6.10 Å². The van der Waals surface area contributed by atoms with Gasteiger partial charge in [-0.2, -0.15) is 0 Å². The van der Waals surface area contributed by atoms with Crippen LogP contribution in [0.25, 0.3) is 5.57 Å². The van der Waals surface area contributed by atoms with Crippen molar-refractivity contribution < 1.29 is 19.4 Å². The third-order valence-corrected chi connectivity index (χ3v) is 5.09. The lowest BCUT2D eigenvalue weighted by molar-refractivity contribution is -0.152. The Labute approximate surface area is 141 Å². The molecule has 2 aliphatic rings. The summed E-state index contributed by atoms with van der Waals surface area (Å²) in [7, 11) is 0. The highest BCUT2D eigenvalue weighted by atomic mass is 35.5. The van der Waals surface area contributed by atoms with Crippen molar-refractivity contribution in [3.8, 4) is 0 Å². The van der Waals surface area contributed by atoms with E-state index in [2.05, 4.69) is 0 Å². The van der Waals surface area contributed by atoms with Crippen molar-refractivity contribution in [2.24, 2.45) is 0 Å². The predicted octanol–water partition coefficient (Wildman–Crippen LogP) is 4.19. The fourth-order valence-electron chi connectivity index (χ4n) is 3.57. The first-order valence-corrected chi connectivity index (χ1v) is 8.40. The normalized spacial score (nSPS) is 27.6. The summed E-state index contributed by atoms with van der Waals surface area (Å²) in [6, 6.07) is 5.41. The Hall–Kier alpha value is -1.52. The van der Waals surface area contributed by atoms with Gasteiger partial charge in [-0.1, -0.05) is 23.7 Å². The molecular formula is C18H21ClO4. The summed E-state index contributed by atoms with van der Waals surface area (Å²) in [5, 5.41) is 11.2. The van der Waals surface area contributed by atoms with Gasteiger partial charge in [0.2, 0.25) is 0 Å². The number of carbonyl (C=O) groups is 1. The molecule has 1 aromatic carbocycles. The van der Waals surface area contributed by atoms with Gasteiger partial charge in [0.1, 0.15) is 5.57 Å². The third-order valence-electron chi connectivity index (χ3n) is 4.78. The predicted molar refractivity (Wildman–Crippen MR) is 88.4 cm³/mol. The van der Waals surface area contributed by atoms with E-state index in [1.54, 1.807) is 6.07 Å². The van der Waals surface area contributed by atoms with E-state index in [1.807, 2.05) is 26.0 Å². The molecule has 3 rings (SSSR count). The van der Waals surface area contributed by atoms with Gasteiger partial charge in [0.15, 0.2) is 11.4 Å². The summed E-state index contributed by atoms with van der Waals surface area (Å²) in [4.78, 5) is 12.4. The van der Waals surface area contributed by atoms with Crippen LogP contribution >= 0.6 is 11.6 Å². The highest BCUT2D eigenvalue weighted by Crippen LogP contribution is 2.47. The van der Waals surface area contributed by atoms with E-state index in [0.717, 1.165) is 18.4 Å². The van der Waals surface area contributed by atoms with E-state index in [9.17, 15) is 9.90 Å². The maximum atomic E-state index is 12.4. The van der Waals surface area contributed by atoms with Crippen LogP contribution in [0.2, 0.25) is 5.02 Å². The minimum atomic E-state index is -0.911. The highest BCUT2D eigenvalue weighted by molar-refractivity contribution is 6.35. The molecule has 1 spiro atoms. The number of carbonyl (C=O) groups excluding carboxylic acids is 1. The smallest absolute Gasteiger partial charge is 0.343 e. The molecule has 1 heterocycles. The Morgan fingerprint density at radius 3 is 2.70 bits per heavy atom. The van der Waals surface area contributed by atoms with Crippen LogP contribution in [0.3, 0.4) is 0 Å². The lowest BCUT2D eigenvalue weighted by atomic mass is 9.81. The molecule has 0 bridgehead atoms. The minimum Gasteiger partial charge on any atom is -0.507 e. The Balaban J connectivity index is 1.96. The summed E-state index contributed by atoms with van der Waals surface area (Å²) in [6.07, 6.45) is 2.84. The second-order valence-corrected chi connectivity index (χ2v) is 6.60. The summed E-state index contributed by atoms with van der Waals surface area (Å²) in [6.45, 7) is 4.50. The zero-order valence-electron chi connectivity index (χ0n) is 13.4. The van der Waals surface area contributed by atoms with Gasteiger partial charge in [-0.15, -0.1) is 0 Å². The lowest BCUT2D eigenvalue weighted by Crippen LogP contribution is -2.39. The van der Waals surface area contributed by atoms with Crippen LogP contribution in [0, 0.1) is 6.92 Å². The number of rotatable bonds is 3. The molecule has 0 aromatic heterocycles. The van der Waals surface area contributed by atoms with Crippen molar-refractivity contribution in [3.05, 3.63) is 40.1 Å². The van der Waals surface area contributed by atoms with Gasteiger partial charge in [0.25, 0.3) is 0 Å². The largest absolute Gasteiger partial charge is 0.507 e. The number of ether oxygens (including phenoxy) is 2. The fourth-order valence-corrected chi connectivity index (χ4v) is 3.89. The van der Waals surface area contributed by atoms with Gasteiger partial charge >= 0.3 is 5.97 Å². The number of esters is 1. The number of aryl methyl sites for hydroxylation is 1. The molecular weight excluding hydrogens is 316 g/mol. The Morgan fingerprint density at radius 2 is 2.09 bits per heavy atom. The van der Waals surface area contributed by atoms with Crippen LogP contribution in [0.4, 0.5) is 0 Å². The molecule has 1 aliphatic carbocycles. The SMILES string of the molecule is CCOC1CCC2(CC1)OC(=O)C(c1c(C)cccc1Cl)=C2O. The molecule has 1 aromatic rings. The molecule has 0 unspecified atom stereocenters. The number of aliphatic hydroxyl groups excluding tert-OH is 1. The quantitative estimate of drug-likeness (QED) is 0.841. The summed E-state index contributed by atoms with van der Waals surface area (Å²) < 4.78 is 11.3. The molecule has 1 N–H and O–H groups in total. The molecule has 0 radical (unpaired) electrons. The summed E-state index contributed by atoms with van der Waals surface area (Å²) >= 11 is 6.26. The molecule has 4 nitrogen and oxygen atoms in total. The van der Waals surface area contributed by atoms with Crippen LogP contribution in [0.1, 0.15) is 43.7 Å². The number of aliphatic hydroxyl groups is 1. The standard InChI is InChI=1S/C18H21ClO4/c1-3-22-12-7-9-18(10-8-12)16(20)15(17(21)23-18)14-11(2)5-4-6-13(14)19/h4-6,12,20H,3,7-10H2,1-2H3. The van der Waals surface area contributed by atoms with Crippen LogP contribution < -0.4 is 0 Å². The second kappa shape index (κ2) is 6.17. The zero-order valence-corrected chi connectivity index (χ0v) is 14.2. The molecule has 1 fully saturated rings. The van der Waals surface area contributed by atoms with E-state index in [0.29, 0.717) is 30.0 Å². The molecule has 5 heteroatoms. The number of halogens is 1. The van der Waals surface area contributed by atoms with E-state index in [-0.39, 0.29) is 17.4 Å². The minimum absolute atomic E-state index is 0.0219. The summed E-state index contributed by atoms with van der Waals surface area (Å²) in [5.41, 5.74) is 0.713. The number of hydrogen-bond acceptors (Lipinski definition) is 4. The Bertz CT molecular complexity index is 637. The number of hydrogen-bond donors (Lipinski definition) is 1. The molecule has 1 aliphatic heterocycles. The van der Waals surface area contributed by atoms with Crippen molar-refractivity contribution in [2.45, 2.75) is 51.2 Å². The lowest BCUT2D eigenvalue weighted by Gasteiger charge is -2.35. The second-order valence-electron chi connectivity index (χ2n) is 6.19. The van der Waals surface area contributed by atoms with Crippen molar-refractivity contribution >= 4 is 23.1 Å². The average Bonchev–Trinajstić information content (AvgIpc) is 2.74. The van der Waals surface area contributed by atoms with Crippen molar-refractivity contribution in [2.75, 3.05) is 6.61 Å². The Morgan fingerprint density at radius 1 is 1.39 bits per heavy atom. The van der Waals surface area contributed by atoms with Crippen molar-refractivity contribution in [1.82, 2.24) is 0 Å². The molecule has 1 saturated carbocycles. The first-order chi connectivity index (χ1) is 11.0. The number of benzene rings is 1. The monoisotopic (exact) mass is 336 g/mol. The van der Waals surface area contributed by atoms with E-state index < -0.39 is 11.6 Å². The van der Waals surface area contributed by atoms with Crippen LogP contribution in [-0.4, -0.2) is 29.4 Å². The van der Waals surface area contributed by atoms with Crippen LogP contribution in [0.5, 0.6) is 0 Å². The van der Waals surface area contributed by atoms with Gasteiger partial charge in [-0.25, -0.2) is 4.79 Å². The molecule has 0 atom stereocenters. The van der Waals surface area contributed by atoms with Gasteiger partial charge in [0, 0.05) is 17.2 Å². The third kappa shape index (κ3) is 2.74. The topological polar surface area (TPSA) is 55.8 Å². The zero-order chi connectivity index (χ0) is 16.6. The van der Waals surface area contributed by atoms with Crippen molar-refractivity contribution in [3.63, 3.8) is 0 Å². The maximum Gasteiger partial charge on any atom is 0.343 e. The van der Waals surface area contributed by atoms with Gasteiger partial charge in [-0.05, 0) is 51.2 Å². The van der Waals surface area contributed by atoms with Gasteiger partial charge < -0.3 is 14.6 Å². The highest BCUT2D eigenvalue weighted by Gasteiger charge is 2.51. The van der Waals surface area contributed by atoms with E-state index in [4.69, 9.17) is 21.1 Å². The molecule has 23 heavy (non-hydrogen) atoms.